The highest BCUT2D eigenvalue weighted by Crippen LogP contribution is 2.15. The van der Waals surface area contributed by atoms with Gasteiger partial charge in [0.15, 0.2) is 0 Å². The molecule has 5 nitrogen and oxygen atoms in total. The number of benzene rings is 1. The van der Waals surface area contributed by atoms with Crippen LogP contribution in [0.3, 0.4) is 0 Å². The average molecular weight is 233 g/mol. The molecule has 0 aliphatic rings. The van der Waals surface area contributed by atoms with Gasteiger partial charge in [0, 0.05) is 0 Å². The Morgan fingerprint density at radius 3 is 2.71 bits per heavy atom. The molecule has 0 bridgehead atoms. The Morgan fingerprint density at radius 1 is 1.35 bits per heavy atom. The van der Waals surface area contributed by atoms with Crippen LogP contribution in [-0.2, 0) is 4.74 Å². The van der Waals surface area contributed by atoms with Crippen molar-refractivity contribution in [2.24, 2.45) is 0 Å². The summed E-state index contributed by atoms with van der Waals surface area (Å²) >= 11 is 0. The molecule has 5 heteroatoms. The van der Waals surface area contributed by atoms with E-state index in [0.717, 1.165) is 5.56 Å². The van der Waals surface area contributed by atoms with Crippen LogP contribution in [0.2, 0.25) is 0 Å². The molecule has 0 atom stereocenters. The quantitative estimate of drug-likeness (QED) is 0.701. The fraction of sp³-hybridized carbons (Fsp3) is 0.417. The number of nitrogens with zero attached hydrogens (tertiary/aromatic N) is 3. The first-order valence-electron chi connectivity index (χ1n) is 5.42. The largest absolute Gasteiger partial charge is 0.442 e. The summed E-state index contributed by atoms with van der Waals surface area (Å²) in [6, 6.07) is 5.60. The normalized spacial score (nSPS) is 11.8. The molecule has 1 aromatic heterocycles. The molecule has 1 heterocycles. The minimum Gasteiger partial charge on any atom is -0.442 e. The first-order valence-corrected chi connectivity index (χ1v) is 5.42. The smallest absolute Gasteiger partial charge is 0.437 e. The summed E-state index contributed by atoms with van der Waals surface area (Å²) in [5.74, 6) is 0. The van der Waals surface area contributed by atoms with Gasteiger partial charge in [-0.3, -0.25) is 0 Å². The number of ether oxygens (including phenoxy) is 1. The Kier molecular flexibility index (Phi) is 2.61. The van der Waals surface area contributed by atoms with Crippen molar-refractivity contribution < 1.29 is 9.53 Å². The molecule has 0 unspecified atom stereocenters. The van der Waals surface area contributed by atoms with Crippen molar-refractivity contribution in [3.8, 4) is 0 Å². The summed E-state index contributed by atoms with van der Waals surface area (Å²) in [6.07, 6.45) is -0.510. The molecule has 0 aliphatic heterocycles. The SMILES string of the molecule is Cc1ccc2c(c1)nnn2C(=O)OC(C)(C)C. The van der Waals surface area contributed by atoms with Crippen LogP contribution in [0, 0.1) is 6.92 Å². The second-order valence-corrected chi connectivity index (χ2v) is 4.97. The molecular weight excluding hydrogens is 218 g/mol. The predicted molar refractivity (Wildman–Crippen MR) is 63.9 cm³/mol. The summed E-state index contributed by atoms with van der Waals surface area (Å²) in [5, 5.41) is 7.76. The summed E-state index contributed by atoms with van der Waals surface area (Å²) in [4.78, 5) is 11.9. The summed E-state index contributed by atoms with van der Waals surface area (Å²) < 4.78 is 6.42. The maximum atomic E-state index is 11.9. The molecule has 0 spiro atoms. The van der Waals surface area contributed by atoms with Crippen molar-refractivity contribution in [1.82, 2.24) is 15.0 Å². The number of carbonyl (C=O) groups is 1. The molecule has 17 heavy (non-hydrogen) atoms. The van der Waals surface area contributed by atoms with E-state index in [1.807, 2.05) is 45.9 Å². The maximum Gasteiger partial charge on any atom is 0.437 e. The number of fused-ring (bicyclic) bond motifs is 1. The lowest BCUT2D eigenvalue weighted by molar-refractivity contribution is 0.0519. The zero-order chi connectivity index (χ0) is 12.6. The number of aryl methyl sites for hydroxylation is 1. The van der Waals surface area contributed by atoms with Crippen molar-refractivity contribution >= 4 is 17.1 Å². The predicted octanol–water partition coefficient (Wildman–Crippen LogP) is 2.52. The lowest BCUT2D eigenvalue weighted by atomic mass is 10.2. The summed E-state index contributed by atoms with van der Waals surface area (Å²) in [5.41, 5.74) is 1.88. The molecule has 0 saturated carbocycles. The molecule has 2 rings (SSSR count). The fourth-order valence-corrected chi connectivity index (χ4v) is 1.47. The minimum absolute atomic E-state index is 0.510. The van der Waals surface area contributed by atoms with Crippen LogP contribution >= 0.6 is 0 Å². The standard InChI is InChI=1S/C12H15N3O2/c1-8-5-6-10-9(7-8)13-14-15(10)11(16)17-12(2,3)4/h5-7H,1-4H3. The maximum absolute atomic E-state index is 11.9. The van der Waals surface area contributed by atoms with E-state index in [0.29, 0.717) is 11.0 Å². The van der Waals surface area contributed by atoms with E-state index in [4.69, 9.17) is 4.74 Å². The zero-order valence-corrected chi connectivity index (χ0v) is 10.4. The van der Waals surface area contributed by atoms with Gasteiger partial charge in [-0.25, -0.2) is 4.79 Å². The molecule has 0 saturated heterocycles. The lowest BCUT2D eigenvalue weighted by Gasteiger charge is -2.18. The number of rotatable bonds is 0. The van der Waals surface area contributed by atoms with Gasteiger partial charge in [-0.1, -0.05) is 11.3 Å². The molecule has 0 radical (unpaired) electrons. The van der Waals surface area contributed by atoms with E-state index in [1.54, 1.807) is 0 Å². The molecule has 0 aliphatic carbocycles. The van der Waals surface area contributed by atoms with E-state index >= 15 is 0 Å². The van der Waals surface area contributed by atoms with Gasteiger partial charge < -0.3 is 4.74 Å². The van der Waals surface area contributed by atoms with Crippen LogP contribution in [0.25, 0.3) is 11.0 Å². The van der Waals surface area contributed by atoms with Crippen LogP contribution in [0.4, 0.5) is 4.79 Å². The van der Waals surface area contributed by atoms with Crippen molar-refractivity contribution in [2.45, 2.75) is 33.3 Å². The Hall–Kier alpha value is -1.91. The topological polar surface area (TPSA) is 57.0 Å². The average Bonchev–Trinajstić information content (AvgIpc) is 2.57. The third-order valence-corrected chi connectivity index (χ3v) is 2.17. The number of aromatic nitrogens is 3. The second kappa shape index (κ2) is 3.84. The van der Waals surface area contributed by atoms with Crippen molar-refractivity contribution in [3.05, 3.63) is 23.8 Å². The van der Waals surface area contributed by atoms with Crippen LogP contribution in [0.5, 0.6) is 0 Å². The van der Waals surface area contributed by atoms with Crippen LogP contribution in [0.15, 0.2) is 18.2 Å². The van der Waals surface area contributed by atoms with Crippen molar-refractivity contribution in [2.75, 3.05) is 0 Å². The molecule has 1 aromatic carbocycles. The van der Waals surface area contributed by atoms with Gasteiger partial charge in [-0.05, 0) is 45.4 Å². The Morgan fingerprint density at radius 2 is 2.06 bits per heavy atom. The zero-order valence-electron chi connectivity index (χ0n) is 10.4. The molecule has 0 amide bonds. The van der Waals surface area contributed by atoms with Crippen LogP contribution in [0.1, 0.15) is 26.3 Å². The third-order valence-electron chi connectivity index (χ3n) is 2.17. The van der Waals surface area contributed by atoms with E-state index < -0.39 is 11.7 Å². The molecule has 0 N–H and O–H groups in total. The van der Waals surface area contributed by atoms with Gasteiger partial charge in [0.25, 0.3) is 0 Å². The van der Waals surface area contributed by atoms with E-state index in [1.165, 1.54) is 4.68 Å². The Labute approximate surface area is 99.4 Å². The van der Waals surface area contributed by atoms with E-state index in [2.05, 4.69) is 10.3 Å². The third kappa shape index (κ3) is 2.43. The monoisotopic (exact) mass is 233 g/mol. The van der Waals surface area contributed by atoms with Crippen LogP contribution < -0.4 is 0 Å². The highest BCUT2D eigenvalue weighted by Gasteiger charge is 2.20. The minimum atomic E-state index is -0.542. The molecular formula is C12H15N3O2. The number of hydrogen-bond acceptors (Lipinski definition) is 4. The van der Waals surface area contributed by atoms with Gasteiger partial charge in [0.05, 0.1) is 0 Å². The lowest BCUT2D eigenvalue weighted by Crippen LogP contribution is -2.27. The second-order valence-electron chi connectivity index (χ2n) is 4.97. The van der Waals surface area contributed by atoms with Gasteiger partial charge >= 0.3 is 6.09 Å². The Bertz CT molecular complexity index is 567. The summed E-state index contributed by atoms with van der Waals surface area (Å²) in [6.45, 7) is 7.41. The molecule has 0 fully saturated rings. The van der Waals surface area contributed by atoms with Crippen LogP contribution in [-0.4, -0.2) is 26.7 Å². The highest BCUT2D eigenvalue weighted by atomic mass is 16.6. The van der Waals surface area contributed by atoms with Crippen molar-refractivity contribution in [3.63, 3.8) is 0 Å². The Balaban J connectivity index is 2.40. The van der Waals surface area contributed by atoms with Gasteiger partial charge in [0.2, 0.25) is 0 Å². The van der Waals surface area contributed by atoms with E-state index in [-0.39, 0.29) is 0 Å². The molecule has 90 valence electrons. The number of carbonyl (C=O) groups excluding carboxylic acids is 1. The summed E-state index contributed by atoms with van der Waals surface area (Å²) in [7, 11) is 0. The van der Waals surface area contributed by atoms with Gasteiger partial charge in [-0.2, -0.15) is 0 Å². The highest BCUT2D eigenvalue weighted by molar-refractivity contribution is 5.85. The van der Waals surface area contributed by atoms with Gasteiger partial charge in [-0.15, -0.1) is 9.78 Å². The van der Waals surface area contributed by atoms with Gasteiger partial charge in [0.1, 0.15) is 16.6 Å². The first-order chi connectivity index (χ1) is 7.87. The fourth-order valence-electron chi connectivity index (χ4n) is 1.47. The number of hydrogen-bond donors (Lipinski definition) is 0. The van der Waals surface area contributed by atoms with Crippen molar-refractivity contribution in [1.29, 1.82) is 0 Å². The molecule has 2 aromatic rings. The first kappa shape index (κ1) is 11.6. The van der Waals surface area contributed by atoms with E-state index in [9.17, 15) is 4.79 Å².